The molecule has 0 spiro atoms. The summed E-state index contributed by atoms with van der Waals surface area (Å²) in [5.41, 5.74) is 7.80. The van der Waals surface area contributed by atoms with Gasteiger partial charge in [-0.2, -0.15) is 0 Å². The van der Waals surface area contributed by atoms with Crippen molar-refractivity contribution in [1.82, 2.24) is 0 Å². The summed E-state index contributed by atoms with van der Waals surface area (Å²) in [7, 11) is 0. The molecule has 0 heterocycles. The second-order valence-electron chi connectivity index (χ2n) is 4.05. The van der Waals surface area contributed by atoms with Crippen molar-refractivity contribution in [3.05, 3.63) is 68.9 Å². The van der Waals surface area contributed by atoms with Gasteiger partial charge in [-0.1, -0.05) is 57.9 Å². The van der Waals surface area contributed by atoms with Crippen LogP contribution < -0.4 is 5.73 Å². The van der Waals surface area contributed by atoms with Crippen molar-refractivity contribution < 1.29 is 4.39 Å². The Morgan fingerprint density at radius 1 is 1.17 bits per heavy atom. The number of nitrogens with two attached hydrogens (primary N) is 1. The van der Waals surface area contributed by atoms with Gasteiger partial charge < -0.3 is 5.73 Å². The van der Waals surface area contributed by atoms with Crippen molar-refractivity contribution in [2.24, 2.45) is 5.73 Å². The average Bonchev–Trinajstić information content (AvgIpc) is 2.35. The summed E-state index contributed by atoms with van der Waals surface area (Å²) in [6.45, 7) is 0. The van der Waals surface area contributed by atoms with Crippen molar-refractivity contribution >= 4 is 27.5 Å². The largest absolute Gasteiger partial charge is 0.324 e. The van der Waals surface area contributed by atoms with Crippen LogP contribution in [0.4, 0.5) is 4.39 Å². The summed E-state index contributed by atoms with van der Waals surface area (Å²) in [5.74, 6) is -0.434. The Balaban J connectivity index is 2.25. The quantitative estimate of drug-likeness (QED) is 0.883. The molecule has 0 amide bonds. The second kappa shape index (κ2) is 5.83. The molecule has 1 unspecified atom stereocenters. The van der Waals surface area contributed by atoms with Gasteiger partial charge in [0.15, 0.2) is 0 Å². The number of rotatable bonds is 3. The van der Waals surface area contributed by atoms with Crippen molar-refractivity contribution in [1.29, 1.82) is 0 Å². The van der Waals surface area contributed by atoms with Gasteiger partial charge in [0.25, 0.3) is 0 Å². The van der Waals surface area contributed by atoms with Gasteiger partial charge in [-0.05, 0) is 29.7 Å². The number of hydrogen-bond donors (Lipinski definition) is 1. The van der Waals surface area contributed by atoms with E-state index in [-0.39, 0.29) is 11.1 Å². The molecule has 2 aromatic rings. The van der Waals surface area contributed by atoms with E-state index in [1.807, 2.05) is 24.3 Å². The molecule has 4 heteroatoms. The van der Waals surface area contributed by atoms with Gasteiger partial charge in [0.2, 0.25) is 0 Å². The molecular formula is C14H12BrClFN. The van der Waals surface area contributed by atoms with Crippen LogP contribution in [0.1, 0.15) is 17.2 Å². The molecule has 0 saturated heterocycles. The standard InChI is InChI=1S/C14H12BrClFN/c15-11-6-2-1-4-9(11)8-13(18)10-5-3-7-12(17)14(10)16/h1-7,13H,8,18H2. The Morgan fingerprint density at radius 3 is 2.61 bits per heavy atom. The summed E-state index contributed by atoms with van der Waals surface area (Å²) < 4.78 is 14.4. The molecule has 0 aliphatic carbocycles. The molecule has 0 saturated carbocycles. The third-order valence-corrected chi connectivity index (χ3v) is 3.95. The molecule has 0 fully saturated rings. The van der Waals surface area contributed by atoms with Crippen LogP contribution in [-0.4, -0.2) is 0 Å². The van der Waals surface area contributed by atoms with Crippen LogP contribution >= 0.6 is 27.5 Å². The molecule has 0 aromatic heterocycles. The van der Waals surface area contributed by atoms with Crippen LogP contribution in [0.3, 0.4) is 0 Å². The molecule has 2 rings (SSSR count). The lowest BCUT2D eigenvalue weighted by Gasteiger charge is -2.15. The molecule has 0 aliphatic rings. The summed E-state index contributed by atoms with van der Waals surface area (Å²) in [5, 5.41) is 0.108. The predicted octanol–water partition coefficient (Wildman–Crippen LogP) is 4.48. The van der Waals surface area contributed by atoms with E-state index in [1.165, 1.54) is 6.07 Å². The molecule has 1 nitrogen and oxygen atoms in total. The van der Waals surface area contributed by atoms with Crippen LogP contribution in [-0.2, 0) is 6.42 Å². The normalized spacial score (nSPS) is 12.4. The Kier molecular flexibility index (Phi) is 4.38. The van der Waals surface area contributed by atoms with Gasteiger partial charge in [-0.15, -0.1) is 0 Å². The first-order valence-electron chi connectivity index (χ1n) is 5.52. The van der Waals surface area contributed by atoms with E-state index in [0.29, 0.717) is 12.0 Å². The molecule has 0 radical (unpaired) electrons. The van der Waals surface area contributed by atoms with Gasteiger partial charge >= 0.3 is 0 Å². The second-order valence-corrected chi connectivity index (χ2v) is 5.28. The minimum Gasteiger partial charge on any atom is -0.324 e. The maximum Gasteiger partial charge on any atom is 0.142 e. The SMILES string of the molecule is NC(Cc1ccccc1Br)c1cccc(F)c1Cl. The molecule has 0 bridgehead atoms. The number of halogens is 3. The maximum atomic E-state index is 13.4. The predicted molar refractivity (Wildman–Crippen MR) is 76.2 cm³/mol. The van der Waals surface area contributed by atoms with Crippen LogP contribution in [0.15, 0.2) is 46.9 Å². The zero-order valence-electron chi connectivity index (χ0n) is 9.54. The first kappa shape index (κ1) is 13.5. The number of hydrogen-bond acceptors (Lipinski definition) is 1. The monoisotopic (exact) mass is 327 g/mol. The Hall–Kier alpha value is -0.900. The maximum absolute atomic E-state index is 13.4. The first-order valence-corrected chi connectivity index (χ1v) is 6.69. The molecule has 1 atom stereocenters. The lowest BCUT2D eigenvalue weighted by atomic mass is 9.99. The summed E-state index contributed by atoms with van der Waals surface area (Å²) in [6.07, 6.45) is 0.602. The van der Waals surface area contributed by atoms with Crippen LogP contribution in [0.2, 0.25) is 5.02 Å². The van der Waals surface area contributed by atoms with Gasteiger partial charge in [0.1, 0.15) is 5.82 Å². The Morgan fingerprint density at radius 2 is 1.89 bits per heavy atom. The van der Waals surface area contributed by atoms with Crippen LogP contribution in [0.25, 0.3) is 0 Å². The van der Waals surface area contributed by atoms with E-state index in [2.05, 4.69) is 15.9 Å². The fourth-order valence-electron chi connectivity index (χ4n) is 1.82. The summed E-state index contributed by atoms with van der Waals surface area (Å²) in [4.78, 5) is 0. The highest BCUT2D eigenvalue weighted by Crippen LogP contribution is 2.28. The highest BCUT2D eigenvalue weighted by Gasteiger charge is 2.14. The third-order valence-electron chi connectivity index (χ3n) is 2.78. The van der Waals surface area contributed by atoms with Crippen molar-refractivity contribution in [2.45, 2.75) is 12.5 Å². The minimum absolute atomic E-state index is 0.108. The molecule has 0 aliphatic heterocycles. The molecule has 2 N–H and O–H groups in total. The number of benzene rings is 2. The Labute approximate surface area is 119 Å². The smallest absolute Gasteiger partial charge is 0.142 e. The third kappa shape index (κ3) is 2.91. The van der Waals surface area contributed by atoms with Crippen LogP contribution in [0, 0.1) is 5.82 Å². The first-order chi connectivity index (χ1) is 8.59. The lowest BCUT2D eigenvalue weighted by molar-refractivity contribution is 0.619. The van der Waals surface area contributed by atoms with E-state index in [9.17, 15) is 4.39 Å². The average molecular weight is 329 g/mol. The summed E-state index contributed by atoms with van der Waals surface area (Å²) in [6, 6.07) is 12.2. The molecule has 18 heavy (non-hydrogen) atoms. The van der Waals surface area contributed by atoms with E-state index in [4.69, 9.17) is 17.3 Å². The topological polar surface area (TPSA) is 26.0 Å². The van der Waals surface area contributed by atoms with Gasteiger partial charge in [0.05, 0.1) is 5.02 Å². The van der Waals surface area contributed by atoms with Crippen molar-refractivity contribution in [3.8, 4) is 0 Å². The zero-order valence-corrected chi connectivity index (χ0v) is 11.9. The lowest BCUT2D eigenvalue weighted by Crippen LogP contribution is -2.14. The molecular weight excluding hydrogens is 317 g/mol. The summed E-state index contributed by atoms with van der Waals surface area (Å²) >= 11 is 9.40. The van der Waals surface area contributed by atoms with Gasteiger partial charge in [0, 0.05) is 10.5 Å². The van der Waals surface area contributed by atoms with Gasteiger partial charge in [-0.3, -0.25) is 0 Å². The van der Waals surface area contributed by atoms with Crippen LogP contribution in [0.5, 0.6) is 0 Å². The minimum atomic E-state index is -0.434. The van der Waals surface area contributed by atoms with E-state index < -0.39 is 5.82 Å². The van der Waals surface area contributed by atoms with E-state index in [0.717, 1.165) is 10.0 Å². The van der Waals surface area contributed by atoms with Crippen molar-refractivity contribution in [2.75, 3.05) is 0 Å². The molecule has 2 aromatic carbocycles. The van der Waals surface area contributed by atoms with E-state index >= 15 is 0 Å². The fraction of sp³-hybridized carbons (Fsp3) is 0.143. The highest BCUT2D eigenvalue weighted by molar-refractivity contribution is 9.10. The molecule has 94 valence electrons. The zero-order chi connectivity index (χ0) is 13.1. The van der Waals surface area contributed by atoms with Gasteiger partial charge in [-0.25, -0.2) is 4.39 Å². The Bertz CT molecular complexity index is 559. The van der Waals surface area contributed by atoms with E-state index in [1.54, 1.807) is 12.1 Å². The fourth-order valence-corrected chi connectivity index (χ4v) is 2.53. The highest BCUT2D eigenvalue weighted by atomic mass is 79.9. The van der Waals surface area contributed by atoms with Crippen molar-refractivity contribution in [3.63, 3.8) is 0 Å².